The van der Waals surface area contributed by atoms with Gasteiger partial charge in [-0.05, 0) is 62.7 Å². The van der Waals surface area contributed by atoms with E-state index in [4.69, 9.17) is 21.1 Å². The summed E-state index contributed by atoms with van der Waals surface area (Å²) in [7, 11) is 1.90. The number of fused-ring (bicyclic) bond motifs is 1. The van der Waals surface area contributed by atoms with Crippen molar-refractivity contribution in [3.8, 4) is 11.5 Å². The van der Waals surface area contributed by atoms with Crippen molar-refractivity contribution in [3.63, 3.8) is 0 Å². The summed E-state index contributed by atoms with van der Waals surface area (Å²) in [4.78, 5) is 17.6. The van der Waals surface area contributed by atoms with Crippen LogP contribution in [0, 0.1) is 20.8 Å². The number of benzene rings is 2. The van der Waals surface area contributed by atoms with Crippen LogP contribution in [0.3, 0.4) is 0 Å². The van der Waals surface area contributed by atoms with Gasteiger partial charge in [-0.3, -0.25) is 14.8 Å². The Balaban J connectivity index is 1.61. The number of amides is 1. The first-order chi connectivity index (χ1) is 15.3. The highest BCUT2D eigenvalue weighted by molar-refractivity contribution is 6.30. The Morgan fingerprint density at radius 2 is 1.94 bits per heavy atom. The molecular formula is C23H24ClN5O3. The fourth-order valence-electron chi connectivity index (χ4n) is 3.43. The second-order valence-corrected chi connectivity index (χ2v) is 7.98. The van der Waals surface area contributed by atoms with Crippen LogP contribution in [-0.4, -0.2) is 28.4 Å². The van der Waals surface area contributed by atoms with Crippen molar-refractivity contribution in [1.29, 1.82) is 0 Å². The molecule has 1 aromatic heterocycles. The molecule has 0 saturated heterocycles. The summed E-state index contributed by atoms with van der Waals surface area (Å²) in [5.41, 5.74) is 5.09. The highest BCUT2D eigenvalue weighted by Crippen LogP contribution is 2.32. The van der Waals surface area contributed by atoms with Crippen LogP contribution in [0.25, 0.3) is 0 Å². The quantitative estimate of drug-likeness (QED) is 0.458. The summed E-state index contributed by atoms with van der Waals surface area (Å²) >= 11 is 6.08. The lowest BCUT2D eigenvalue weighted by atomic mass is 10.2. The molecule has 0 aliphatic carbocycles. The largest absolute Gasteiger partial charge is 0.454 e. The van der Waals surface area contributed by atoms with Crippen LogP contribution in [0.15, 0.2) is 41.4 Å². The van der Waals surface area contributed by atoms with Gasteiger partial charge < -0.3 is 14.8 Å². The number of halogens is 1. The molecule has 8 nitrogen and oxygen atoms in total. The fourth-order valence-corrected chi connectivity index (χ4v) is 3.65. The minimum absolute atomic E-state index is 0.147. The van der Waals surface area contributed by atoms with Gasteiger partial charge in [0.05, 0.1) is 12.2 Å². The monoisotopic (exact) mass is 453 g/mol. The topological polar surface area (TPSA) is 89.8 Å². The number of nitrogens with one attached hydrogen (secondary N) is 2. The zero-order valence-electron chi connectivity index (χ0n) is 18.3. The summed E-state index contributed by atoms with van der Waals surface area (Å²) in [5.74, 6) is 1.16. The Kier molecular flexibility index (Phi) is 6.05. The van der Waals surface area contributed by atoms with E-state index in [-0.39, 0.29) is 12.7 Å². The summed E-state index contributed by atoms with van der Waals surface area (Å²) in [6.07, 6.45) is 0. The van der Waals surface area contributed by atoms with Crippen LogP contribution < -0.4 is 20.1 Å². The molecule has 2 heterocycles. The minimum atomic E-state index is -0.319. The van der Waals surface area contributed by atoms with Gasteiger partial charge in [0.1, 0.15) is 0 Å². The van der Waals surface area contributed by atoms with Gasteiger partial charge in [-0.1, -0.05) is 11.6 Å². The van der Waals surface area contributed by atoms with Crippen LogP contribution in [0.2, 0.25) is 5.02 Å². The molecule has 0 unspecified atom stereocenters. The van der Waals surface area contributed by atoms with Crippen molar-refractivity contribution in [1.82, 2.24) is 15.1 Å². The van der Waals surface area contributed by atoms with Crippen molar-refractivity contribution < 1.29 is 14.3 Å². The second kappa shape index (κ2) is 8.92. The molecule has 0 atom stereocenters. The van der Waals surface area contributed by atoms with Gasteiger partial charge in [0.15, 0.2) is 11.5 Å². The van der Waals surface area contributed by atoms with Crippen molar-refractivity contribution in [2.45, 2.75) is 27.3 Å². The zero-order valence-corrected chi connectivity index (χ0v) is 19.1. The molecule has 2 N–H and O–H groups in total. The number of rotatable bonds is 4. The molecule has 0 spiro atoms. The normalized spacial score (nSPS) is 12.7. The third kappa shape index (κ3) is 4.55. The highest BCUT2D eigenvalue weighted by atomic mass is 35.5. The van der Waals surface area contributed by atoms with Gasteiger partial charge in [0.25, 0.3) is 5.91 Å². The lowest BCUT2D eigenvalue weighted by Gasteiger charge is -2.14. The first-order valence-corrected chi connectivity index (χ1v) is 10.5. The lowest BCUT2D eigenvalue weighted by Crippen LogP contribution is -2.36. The van der Waals surface area contributed by atoms with E-state index in [0.29, 0.717) is 34.6 Å². The molecular weight excluding hydrogens is 430 g/mol. The van der Waals surface area contributed by atoms with Crippen molar-refractivity contribution >= 4 is 29.2 Å². The Hall–Kier alpha value is -3.52. The molecule has 0 saturated carbocycles. The number of ether oxygens (including phenoxy) is 2. The smallest absolute Gasteiger partial charge is 0.258 e. The minimum Gasteiger partial charge on any atom is -0.454 e. The number of carbonyl (C=O) groups excluding carboxylic acids is 1. The maximum Gasteiger partial charge on any atom is 0.258 e. The van der Waals surface area contributed by atoms with Gasteiger partial charge in [0, 0.05) is 34.6 Å². The van der Waals surface area contributed by atoms with Gasteiger partial charge in [-0.15, -0.1) is 0 Å². The summed E-state index contributed by atoms with van der Waals surface area (Å²) in [6.45, 7) is 6.38. The number of hydrogen-bond donors (Lipinski definition) is 2. The van der Waals surface area contributed by atoms with Gasteiger partial charge >= 0.3 is 0 Å². The van der Waals surface area contributed by atoms with Gasteiger partial charge in [-0.25, -0.2) is 4.99 Å². The van der Waals surface area contributed by atoms with E-state index < -0.39 is 0 Å². The van der Waals surface area contributed by atoms with Crippen LogP contribution >= 0.6 is 11.6 Å². The van der Waals surface area contributed by atoms with Gasteiger partial charge in [-0.2, -0.15) is 5.10 Å². The van der Waals surface area contributed by atoms with E-state index in [1.54, 1.807) is 24.3 Å². The predicted octanol–water partition coefficient (Wildman–Crippen LogP) is 4.13. The third-order valence-electron chi connectivity index (χ3n) is 5.36. The Morgan fingerprint density at radius 3 is 2.66 bits per heavy atom. The van der Waals surface area contributed by atoms with E-state index in [1.807, 2.05) is 44.6 Å². The third-order valence-corrected chi connectivity index (χ3v) is 5.60. The number of aryl methyl sites for hydroxylation is 3. The number of carbonyl (C=O) groups is 1. The van der Waals surface area contributed by atoms with Crippen molar-refractivity contribution in [2.24, 2.45) is 12.0 Å². The maximum absolute atomic E-state index is 13.0. The van der Waals surface area contributed by atoms with Crippen molar-refractivity contribution in [2.75, 3.05) is 12.1 Å². The molecule has 2 aromatic carbocycles. The summed E-state index contributed by atoms with van der Waals surface area (Å²) < 4.78 is 12.5. The molecule has 1 aliphatic heterocycles. The first-order valence-electron chi connectivity index (χ1n) is 10.1. The number of nitrogens with zero attached hydrogens (tertiary/aromatic N) is 3. The maximum atomic E-state index is 13.0. The Morgan fingerprint density at radius 1 is 1.16 bits per heavy atom. The van der Waals surface area contributed by atoms with E-state index in [1.165, 1.54) is 0 Å². The lowest BCUT2D eigenvalue weighted by molar-refractivity contribution is 0.0976. The van der Waals surface area contributed by atoms with Crippen molar-refractivity contribution in [3.05, 3.63) is 69.5 Å². The Bertz CT molecular complexity index is 1220. The fraction of sp³-hybridized carbons (Fsp3) is 0.261. The molecule has 9 heteroatoms. The Labute approximate surface area is 191 Å². The van der Waals surface area contributed by atoms with Crippen LogP contribution in [0.4, 0.5) is 5.69 Å². The number of hydrogen-bond acceptors (Lipinski definition) is 5. The van der Waals surface area contributed by atoms with E-state index >= 15 is 0 Å². The number of guanidine groups is 1. The number of aromatic nitrogens is 2. The average molecular weight is 454 g/mol. The molecule has 1 amide bonds. The van der Waals surface area contributed by atoms with Crippen LogP contribution in [-0.2, 0) is 13.6 Å². The average Bonchev–Trinajstić information content (AvgIpc) is 3.31. The molecule has 0 bridgehead atoms. The summed E-state index contributed by atoms with van der Waals surface area (Å²) in [5, 5.41) is 11.2. The molecule has 166 valence electrons. The van der Waals surface area contributed by atoms with Crippen LogP contribution in [0.5, 0.6) is 11.5 Å². The van der Waals surface area contributed by atoms with E-state index in [9.17, 15) is 4.79 Å². The molecule has 32 heavy (non-hydrogen) atoms. The SMILES string of the molecule is Cc1cc(Cl)ccc1NC(=NCc1c(C)nn(C)c1C)NC(=O)c1ccc2c(c1)OCO2. The van der Waals surface area contributed by atoms with Crippen LogP contribution in [0.1, 0.15) is 32.9 Å². The number of aliphatic imine (C=N–C) groups is 1. The highest BCUT2D eigenvalue weighted by Gasteiger charge is 2.18. The molecule has 0 radical (unpaired) electrons. The van der Waals surface area contributed by atoms with E-state index in [2.05, 4.69) is 20.7 Å². The summed E-state index contributed by atoms with van der Waals surface area (Å²) in [6, 6.07) is 10.5. The molecule has 3 aromatic rings. The standard InChI is InChI=1S/C23H24ClN5O3/c1-13-9-17(24)6-7-19(13)26-23(25-11-18-14(2)28-29(4)15(18)3)27-22(30)16-5-8-20-21(10-16)32-12-31-20/h5-10H,11-12H2,1-4H3,(H2,25,26,27,30). The number of anilines is 1. The zero-order chi connectivity index (χ0) is 22.8. The molecule has 4 rings (SSSR count). The first kappa shape index (κ1) is 21.7. The predicted molar refractivity (Wildman–Crippen MR) is 124 cm³/mol. The molecule has 1 aliphatic rings. The van der Waals surface area contributed by atoms with E-state index in [0.717, 1.165) is 28.2 Å². The molecule has 0 fully saturated rings. The second-order valence-electron chi connectivity index (χ2n) is 7.54. The van der Waals surface area contributed by atoms with Gasteiger partial charge in [0.2, 0.25) is 12.8 Å².